The minimum Gasteiger partial charge on any atom is -0.472 e. The van der Waals surface area contributed by atoms with E-state index in [9.17, 15) is 18.3 Å². The molecule has 0 aliphatic carbocycles. The molecule has 0 aromatic carbocycles. The normalized spacial score (nSPS) is 19.2. The standard InChI is InChI=1S/C17H22N2O6S/c1-26(22,23)19-7-4-13(5-8-19)16(20)18-12-17(21,14-6-10-24-11-14)15-3-2-9-25-15/h2-3,6,9-11,13,21H,4-5,7-8,12H2,1H3,(H,18,20). The third kappa shape index (κ3) is 3.84. The molecule has 8 nitrogen and oxygen atoms in total. The molecule has 2 aromatic rings. The van der Waals surface area contributed by atoms with Gasteiger partial charge in [0.2, 0.25) is 15.9 Å². The van der Waals surface area contributed by atoms with Gasteiger partial charge >= 0.3 is 0 Å². The lowest BCUT2D eigenvalue weighted by Gasteiger charge is -2.31. The number of nitrogens with one attached hydrogen (secondary N) is 1. The first kappa shape index (κ1) is 18.7. The molecule has 1 atom stereocenters. The van der Waals surface area contributed by atoms with Crippen molar-refractivity contribution in [1.82, 2.24) is 9.62 Å². The van der Waals surface area contributed by atoms with E-state index in [2.05, 4.69) is 5.32 Å². The van der Waals surface area contributed by atoms with Crippen molar-refractivity contribution < 1.29 is 27.2 Å². The van der Waals surface area contributed by atoms with Gasteiger partial charge in [-0.3, -0.25) is 4.79 Å². The van der Waals surface area contributed by atoms with Crippen molar-refractivity contribution in [1.29, 1.82) is 0 Å². The van der Waals surface area contributed by atoms with Gasteiger partial charge < -0.3 is 19.3 Å². The van der Waals surface area contributed by atoms with Crippen molar-refractivity contribution in [3.05, 3.63) is 48.3 Å². The number of furan rings is 2. The monoisotopic (exact) mass is 382 g/mol. The molecule has 0 saturated carbocycles. The number of hydrogen-bond acceptors (Lipinski definition) is 6. The summed E-state index contributed by atoms with van der Waals surface area (Å²) in [7, 11) is -3.23. The Bertz CT molecular complexity index is 786. The predicted molar refractivity (Wildman–Crippen MR) is 92.6 cm³/mol. The van der Waals surface area contributed by atoms with Gasteiger partial charge in [0.1, 0.15) is 5.76 Å². The first-order valence-corrected chi connectivity index (χ1v) is 10.2. The van der Waals surface area contributed by atoms with E-state index in [0.717, 1.165) is 0 Å². The summed E-state index contributed by atoms with van der Waals surface area (Å²) in [5.41, 5.74) is -1.07. The zero-order valence-corrected chi connectivity index (χ0v) is 15.2. The van der Waals surface area contributed by atoms with E-state index in [1.807, 2.05) is 0 Å². The first-order valence-electron chi connectivity index (χ1n) is 8.32. The number of rotatable bonds is 6. The van der Waals surface area contributed by atoms with Gasteiger partial charge in [-0.15, -0.1) is 0 Å². The average Bonchev–Trinajstić information content (AvgIpc) is 3.32. The van der Waals surface area contributed by atoms with Crippen LogP contribution in [0.2, 0.25) is 0 Å². The van der Waals surface area contributed by atoms with Gasteiger partial charge in [0.05, 0.1) is 31.6 Å². The summed E-state index contributed by atoms with van der Waals surface area (Å²) in [6.07, 6.45) is 6.35. The number of piperidine rings is 1. The molecule has 26 heavy (non-hydrogen) atoms. The fraction of sp³-hybridized carbons (Fsp3) is 0.471. The topological polar surface area (TPSA) is 113 Å². The SMILES string of the molecule is CS(=O)(=O)N1CCC(C(=O)NCC(O)(c2ccoc2)c2ccco2)CC1. The van der Waals surface area contributed by atoms with Crippen LogP contribution in [0.25, 0.3) is 0 Å². The van der Waals surface area contributed by atoms with E-state index in [0.29, 0.717) is 37.3 Å². The van der Waals surface area contributed by atoms with Crippen LogP contribution >= 0.6 is 0 Å². The van der Waals surface area contributed by atoms with Crippen molar-refractivity contribution in [3.63, 3.8) is 0 Å². The lowest BCUT2D eigenvalue weighted by Crippen LogP contribution is -2.46. The van der Waals surface area contributed by atoms with E-state index in [1.54, 1.807) is 18.2 Å². The van der Waals surface area contributed by atoms with Gasteiger partial charge in [-0.05, 0) is 31.0 Å². The molecule has 1 aliphatic heterocycles. The molecule has 1 aliphatic rings. The summed E-state index contributed by atoms with van der Waals surface area (Å²) in [6.45, 7) is 0.563. The maximum atomic E-state index is 12.5. The molecule has 1 saturated heterocycles. The van der Waals surface area contributed by atoms with Crippen LogP contribution in [0.15, 0.2) is 45.8 Å². The average molecular weight is 382 g/mol. The number of amides is 1. The van der Waals surface area contributed by atoms with E-state index in [-0.39, 0.29) is 18.4 Å². The summed E-state index contributed by atoms with van der Waals surface area (Å²) in [4.78, 5) is 12.5. The first-order chi connectivity index (χ1) is 12.3. The van der Waals surface area contributed by atoms with E-state index >= 15 is 0 Å². The number of carbonyl (C=O) groups excluding carboxylic acids is 1. The van der Waals surface area contributed by atoms with Crippen LogP contribution in [-0.2, 0) is 20.4 Å². The zero-order valence-electron chi connectivity index (χ0n) is 14.4. The number of hydrogen-bond donors (Lipinski definition) is 2. The molecule has 3 rings (SSSR count). The lowest BCUT2D eigenvalue weighted by atomic mass is 9.92. The molecule has 2 aromatic heterocycles. The molecule has 3 heterocycles. The molecule has 0 radical (unpaired) electrons. The Morgan fingerprint density at radius 3 is 2.62 bits per heavy atom. The van der Waals surface area contributed by atoms with Crippen molar-refractivity contribution >= 4 is 15.9 Å². The number of sulfonamides is 1. The lowest BCUT2D eigenvalue weighted by molar-refractivity contribution is -0.127. The van der Waals surface area contributed by atoms with Gasteiger partial charge in [-0.25, -0.2) is 12.7 Å². The van der Waals surface area contributed by atoms with Crippen molar-refractivity contribution in [2.24, 2.45) is 5.92 Å². The molecule has 1 amide bonds. The Morgan fingerprint density at radius 1 is 1.35 bits per heavy atom. The van der Waals surface area contributed by atoms with Crippen molar-refractivity contribution in [3.8, 4) is 0 Å². The summed E-state index contributed by atoms with van der Waals surface area (Å²) < 4.78 is 34.9. The van der Waals surface area contributed by atoms with Crippen LogP contribution in [0.4, 0.5) is 0 Å². The van der Waals surface area contributed by atoms with Crippen LogP contribution in [0.5, 0.6) is 0 Å². The highest BCUT2D eigenvalue weighted by Crippen LogP contribution is 2.30. The van der Waals surface area contributed by atoms with Gasteiger partial charge in [-0.1, -0.05) is 0 Å². The summed E-state index contributed by atoms with van der Waals surface area (Å²) in [5.74, 6) is -0.212. The smallest absolute Gasteiger partial charge is 0.223 e. The summed E-state index contributed by atoms with van der Waals surface area (Å²) >= 11 is 0. The number of nitrogens with zero attached hydrogens (tertiary/aromatic N) is 1. The maximum Gasteiger partial charge on any atom is 0.223 e. The maximum absolute atomic E-state index is 12.5. The van der Waals surface area contributed by atoms with Gasteiger partial charge in [-0.2, -0.15) is 0 Å². The largest absolute Gasteiger partial charge is 0.472 e. The highest BCUT2D eigenvalue weighted by Gasteiger charge is 2.37. The fourth-order valence-corrected chi connectivity index (χ4v) is 4.03. The second-order valence-electron chi connectivity index (χ2n) is 6.50. The highest BCUT2D eigenvalue weighted by molar-refractivity contribution is 7.88. The Kier molecular flexibility index (Phi) is 5.22. The molecule has 1 fully saturated rings. The predicted octanol–water partition coefficient (Wildman–Crippen LogP) is 0.896. The Morgan fingerprint density at radius 2 is 2.08 bits per heavy atom. The van der Waals surface area contributed by atoms with Crippen LogP contribution in [0, 0.1) is 5.92 Å². The van der Waals surface area contributed by atoms with Crippen LogP contribution in [0.3, 0.4) is 0 Å². The summed E-state index contributed by atoms with van der Waals surface area (Å²) in [5, 5.41) is 13.8. The molecule has 0 spiro atoms. The van der Waals surface area contributed by atoms with Gasteiger partial charge in [0.15, 0.2) is 5.60 Å². The minimum atomic E-state index is -3.23. The van der Waals surface area contributed by atoms with Crippen molar-refractivity contribution in [2.75, 3.05) is 25.9 Å². The van der Waals surface area contributed by atoms with E-state index < -0.39 is 15.6 Å². The third-order valence-corrected chi connectivity index (χ3v) is 6.04. The fourth-order valence-electron chi connectivity index (χ4n) is 3.15. The Balaban J connectivity index is 1.64. The number of carbonyl (C=O) groups is 1. The quantitative estimate of drug-likeness (QED) is 0.767. The third-order valence-electron chi connectivity index (χ3n) is 4.74. The molecule has 142 valence electrons. The molecule has 9 heteroatoms. The minimum absolute atomic E-state index is 0.0782. The van der Waals surface area contributed by atoms with Crippen LogP contribution in [-0.4, -0.2) is 49.6 Å². The van der Waals surface area contributed by atoms with Crippen molar-refractivity contribution in [2.45, 2.75) is 18.4 Å². The second-order valence-corrected chi connectivity index (χ2v) is 8.49. The summed E-state index contributed by atoms with van der Waals surface area (Å²) in [6, 6.07) is 4.89. The van der Waals surface area contributed by atoms with E-state index in [4.69, 9.17) is 8.83 Å². The van der Waals surface area contributed by atoms with Gasteiger partial charge in [0, 0.05) is 24.6 Å². The van der Waals surface area contributed by atoms with Crippen LogP contribution in [0.1, 0.15) is 24.2 Å². The molecular weight excluding hydrogens is 360 g/mol. The Hall–Kier alpha value is -2.10. The second kappa shape index (κ2) is 7.26. The van der Waals surface area contributed by atoms with E-state index in [1.165, 1.54) is 29.4 Å². The molecule has 0 bridgehead atoms. The zero-order chi connectivity index (χ0) is 18.8. The highest BCUT2D eigenvalue weighted by atomic mass is 32.2. The number of aliphatic hydroxyl groups is 1. The van der Waals surface area contributed by atoms with Crippen LogP contribution < -0.4 is 5.32 Å². The molecule has 1 unspecified atom stereocenters. The van der Waals surface area contributed by atoms with Gasteiger partial charge in [0.25, 0.3) is 0 Å². The molecular formula is C17H22N2O6S. The Labute approximate surface area is 151 Å². The molecule has 2 N–H and O–H groups in total.